The molecule has 0 aliphatic carbocycles. The Labute approximate surface area is 77.5 Å². The van der Waals surface area contributed by atoms with Crippen LogP contribution in [0.25, 0.3) is 0 Å². The standard InChI is InChI=1S/C6H7ClF3N3/c1-4-5(2-7)11-12-13(4)3-6(8,9)10/h2-3H2,1H3. The van der Waals surface area contributed by atoms with Gasteiger partial charge in [0, 0.05) is 0 Å². The van der Waals surface area contributed by atoms with E-state index in [2.05, 4.69) is 10.3 Å². The van der Waals surface area contributed by atoms with Crippen molar-refractivity contribution in [3.8, 4) is 0 Å². The van der Waals surface area contributed by atoms with Crippen LogP contribution in [0.5, 0.6) is 0 Å². The fraction of sp³-hybridized carbons (Fsp3) is 0.667. The number of aromatic nitrogens is 3. The number of halogens is 4. The lowest BCUT2D eigenvalue weighted by Gasteiger charge is -2.06. The number of hydrogen-bond donors (Lipinski definition) is 0. The Kier molecular flexibility index (Phi) is 2.80. The van der Waals surface area contributed by atoms with Gasteiger partial charge >= 0.3 is 6.18 Å². The number of alkyl halides is 4. The summed E-state index contributed by atoms with van der Waals surface area (Å²) < 4.78 is 36.5. The van der Waals surface area contributed by atoms with Crippen LogP contribution in [-0.2, 0) is 12.4 Å². The molecule has 0 unspecified atom stereocenters. The van der Waals surface area contributed by atoms with Crippen LogP contribution in [-0.4, -0.2) is 21.2 Å². The Morgan fingerprint density at radius 3 is 2.46 bits per heavy atom. The maximum absolute atomic E-state index is 11.9. The topological polar surface area (TPSA) is 30.7 Å². The predicted octanol–water partition coefficient (Wildman–Crippen LogP) is 1.89. The molecular formula is C6H7ClF3N3. The van der Waals surface area contributed by atoms with Crippen LogP contribution >= 0.6 is 11.6 Å². The number of rotatable bonds is 2. The van der Waals surface area contributed by atoms with E-state index in [1.807, 2.05) is 0 Å². The molecule has 1 aromatic heterocycles. The summed E-state index contributed by atoms with van der Waals surface area (Å²) >= 11 is 5.42. The van der Waals surface area contributed by atoms with Gasteiger partial charge in [0.15, 0.2) is 0 Å². The summed E-state index contributed by atoms with van der Waals surface area (Å²) in [5.74, 6) is 0.0731. The Morgan fingerprint density at radius 2 is 2.08 bits per heavy atom. The van der Waals surface area contributed by atoms with Gasteiger partial charge in [0.25, 0.3) is 0 Å². The molecule has 0 radical (unpaired) electrons. The first-order chi connectivity index (χ1) is 5.94. The smallest absolute Gasteiger partial charge is 0.240 e. The Hall–Kier alpha value is -0.780. The zero-order valence-corrected chi connectivity index (χ0v) is 7.52. The van der Waals surface area contributed by atoms with Crippen molar-refractivity contribution in [1.29, 1.82) is 0 Å². The zero-order valence-electron chi connectivity index (χ0n) is 6.77. The second kappa shape index (κ2) is 3.53. The summed E-state index contributed by atoms with van der Waals surface area (Å²) in [5.41, 5.74) is 0.734. The lowest BCUT2D eigenvalue weighted by molar-refractivity contribution is -0.143. The Balaban J connectivity index is 2.84. The molecule has 0 aliphatic rings. The van der Waals surface area contributed by atoms with Gasteiger partial charge < -0.3 is 0 Å². The van der Waals surface area contributed by atoms with E-state index in [0.29, 0.717) is 11.4 Å². The number of nitrogens with zero attached hydrogens (tertiary/aromatic N) is 3. The SMILES string of the molecule is Cc1c(CCl)nnn1CC(F)(F)F. The maximum Gasteiger partial charge on any atom is 0.408 e. The molecule has 0 aromatic carbocycles. The van der Waals surface area contributed by atoms with E-state index in [1.165, 1.54) is 6.92 Å². The predicted molar refractivity (Wildman–Crippen MR) is 40.4 cm³/mol. The van der Waals surface area contributed by atoms with Crippen LogP contribution in [0.2, 0.25) is 0 Å². The highest BCUT2D eigenvalue weighted by atomic mass is 35.5. The van der Waals surface area contributed by atoms with E-state index in [0.717, 1.165) is 4.68 Å². The van der Waals surface area contributed by atoms with Crippen molar-refractivity contribution in [3.63, 3.8) is 0 Å². The van der Waals surface area contributed by atoms with Gasteiger partial charge in [-0.2, -0.15) is 13.2 Å². The second-order valence-electron chi connectivity index (χ2n) is 2.53. The van der Waals surface area contributed by atoms with Crippen molar-refractivity contribution in [2.75, 3.05) is 0 Å². The van der Waals surface area contributed by atoms with Gasteiger partial charge in [0.05, 0.1) is 11.6 Å². The van der Waals surface area contributed by atoms with Crippen LogP contribution in [0.3, 0.4) is 0 Å². The summed E-state index contributed by atoms with van der Waals surface area (Å²) in [4.78, 5) is 0. The van der Waals surface area contributed by atoms with Crippen LogP contribution in [0, 0.1) is 6.92 Å². The first-order valence-corrected chi connectivity index (χ1v) is 3.99. The summed E-state index contributed by atoms with van der Waals surface area (Å²) in [5, 5.41) is 6.83. The molecule has 0 spiro atoms. The highest BCUT2D eigenvalue weighted by Gasteiger charge is 2.29. The van der Waals surface area contributed by atoms with Crippen molar-refractivity contribution in [3.05, 3.63) is 11.4 Å². The minimum Gasteiger partial charge on any atom is -0.240 e. The van der Waals surface area contributed by atoms with Crippen LogP contribution in [0.15, 0.2) is 0 Å². The van der Waals surface area contributed by atoms with Gasteiger partial charge in [0.1, 0.15) is 12.2 Å². The summed E-state index contributed by atoms with van der Waals surface area (Å²) in [6.45, 7) is 0.381. The Morgan fingerprint density at radius 1 is 1.46 bits per heavy atom. The van der Waals surface area contributed by atoms with Crippen molar-refractivity contribution in [2.24, 2.45) is 0 Å². The average molecular weight is 214 g/mol. The molecule has 7 heteroatoms. The molecule has 0 N–H and O–H groups in total. The minimum atomic E-state index is -4.28. The largest absolute Gasteiger partial charge is 0.408 e. The molecule has 0 amide bonds. The van der Waals surface area contributed by atoms with Crippen molar-refractivity contribution >= 4 is 11.6 Å². The quantitative estimate of drug-likeness (QED) is 0.703. The highest BCUT2D eigenvalue weighted by Crippen LogP contribution is 2.18. The van der Waals surface area contributed by atoms with E-state index in [9.17, 15) is 13.2 Å². The second-order valence-corrected chi connectivity index (χ2v) is 2.80. The molecular weight excluding hydrogens is 207 g/mol. The highest BCUT2D eigenvalue weighted by molar-refractivity contribution is 6.16. The van der Waals surface area contributed by atoms with E-state index < -0.39 is 12.7 Å². The third kappa shape index (κ3) is 2.58. The molecule has 0 aliphatic heterocycles. The molecule has 74 valence electrons. The first-order valence-electron chi connectivity index (χ1n) is 3.45. The third-order valence-electron chi connectivity index (χ3n) is 1.53. The molecule has 0 fully saturated rings. The van der Waals surface area contributed by atoms with E-state index in [4.69, 9.17) is 11.6 Å². The van der Waals surface area contributed by atoms with E-state index in [1.54, 1.807) is 0 Å². The molecule has 0 bridgehead atoms. The van der Waals surface area contributed by atoms with Gasteiger partial charge in [-0.25, -0.2) is 4.68 Å². The normalized spacial score (nSPS) is 12.1. The Bertz CT molecular complexity index is 294. The number of hydrogen-bond acceptors (Lipinski definition) is 2. The van der Waals surface area contributed by atoms with Gasteiger partial charge in [-0.15, -0.1) is 16.7 Å². The third-order valence-corrected chi connectivity index (χ3v) is 1.79. The van der Waals surface area contributed by atoms with Crippen LogP contribution < -0.4 is 0 Å². The minimum absolute atomic E-state index is 0.0731. The van der Waals surface area contributed by atoms with E-state index in [-0.39, 0.29) is 5.88 Å². The molecule has 13 heavy (non-hydrogen) atoms. The van der Waals surface area contributed by atoms with Gasteiger partial charge in [-0.3, -0.25) is 0 Å². The molecule has 0 atom stereocenters. The lowest BCUT2D eigenvalue weighted by atomic mass is 10.4. The molecule has 1 aromatic rings. The fourth-order valence-corrected chi connectivity index (χ4v) is 1.09. The van der Waals surface area contributed by atoms with E-state index >= 15 is 0 Å². The van der Waals surface area contributed by atoms with Crippen LogP contribution in [0.1, 0.15) is 11.4 Å². The van der Waals surface area contributed by atoms with Crippen molar-refractivity contribution in [2.45, 2.75) is 25.5 Å². The average Bonchev–Trinajstić information content (AvgIpc) is 2.30. The van der Waals surface area contributed by atoms with Crippen molar-refractivity contribution < 1.29 is 13.2 Å². The zero-order chi connectivity index (χ0) is 10.1. The molecule has 0 saturated carbocycles. The van der Waals surface area contributed by atoms with Crippen LogP contribution in [0.4, 0.5) is 13.2 Å². The molecule has 1 heterocycles. The maximum atomic E-state index is 11.9. The lowest BCUT2D eigenvalue weighted by Crippen LogP contribution is -2.19. The first kappa shape index (κ1) is 10.3. The molecule has 0 saturated heterocycles. The van der Waals surface area contributed by atoms with Crippen molar-refractivity contribution in [1.82, 2.24) is 15.0 Å². The molecule has 3 nitrogen and oxygen atoms in total. The summed E-state index contributed by atoms with van der Waals surface area (Å²) in [6.07, 6.45) is -4.28. The monoisotopic (exact) mass is 213 g/mol. The van der Waals surface area contributed by atoms with Gasteiger partial charge in [0.2, 0.25) is 0 Å². The molecule has 1 rings (SSSR count). The summed E-state index contributed by atoms with van der Waals surface area (Å²) in [6, 6.07) is 0. The van der Waals surface area contributed by atoms with Gasteiger partial charge in [-0.1, -0.05) is 5.21 Å². The van der Waals surface area contributed by atoms with Gasteiger partial charge in [-0.05, 0) is 6.92 Å². The summed E-state index contributed by atoms with van der Waals surface area (Å²) in [7, 11) is 0. The fourth-order valence-electron chi connectivity index (χ4n) is 0.840.